The van der Waals surface area contributed by atoms with Gasteiger partial charge in [-0.1, -0.05) is 70.7 Å². The topological polar surface area (TPSA) is 220 Å². The molecule has 0 unspecified atom stereocenters. The van der Waals surface area contributed by atoms with Crippen molar-refractivity contribution in [3.8, 4) is 11.5 Å². The van der Waals surface area contributed by atoms with Gasteiger partial charge in [0.25, 0.3) is 6.47 Å². The predicted molar refractivity (Wildman–Crippen MR) is 305 cm³/mol. The molecule has 3 N–H and O–H groups in total. The first kappa shape index (κ1) is 73.5. The van der Waals surface area contributed by atoms with Crippen LogP contribution in [0.5, 0.6) is 11.5 Å². The van der Waals surface area contributed by atoms with E-state index in [0.717, 1.165) is 80.1 Å². The fourth-order valence-electron chi connectivity index (χ4n) is 8.69. The summed E-state index contributed by atoms with van der Waals surface area (Å²) in [5.41, 5.74) is 4.98. The number of imidazole rings is 2. The number of carbonyl (C=O) groups excluding carboxylic acids is 3. The van der Waals surface area contributed by atoms with Crippen LogP contribution >= 0.6 is 58.0 Å². The number of hydrogen-bond donors (Lipinski definition) is 3. The summed E-state index contributed by atoms with van der Waals surface area (Å²) < 4.78 is 22.8. The molecule has 26 heteroatoms. The van der Waals surface area contributed by atoms with Crippen LogP contribution in [0.4, 0.5) is 11.4 Å². The van der Waals surface area contributed by atoms with Gasteiger partial charge in [0.05, 0.1) is 66.1 Å². The number of aromatic amines is 1. The van der Waals surface area contributed by atoms with Gasteiger partial charge in [-0.2, -0.15) is 0 Å². The van der Waals surface area contributed by atoms with Crippen molar-refractivity contribution in [2.75, 3.05) is 108 Å². The molecule has 0 saturated carbocycles. The van der Waals surface area contributed by atoms with Crippen LogP contribution in [0.25, 0.3) is 0 Å². The zero-order valence-corrected chi connectivity index (χ0v) is 62.7. The Labute approximate surface area is 617 Å². The zero-order chi connectivity index (χ0) is 57.3. The second-order valence-electron chi connectivity index (χ2n) is 17.6. The Morgan fingerprint density at radius 3 is 1.59 bits per heavy atom. The van der Waals surface area contributed by atoms with Crippen molar-refractivity contribution < 1.29 is 193 Å². The van der Waals surface area contributed by atoms with Gasteiger partial charge in [-0.05, 0) is 87.4 Å². The van der Waals surface area contributed by atoms with Crippen molar-refractivity contribution in [2.24, 2.45) is 0 Å². The smallest absolute Gasteiger partial charge is 1.00 e. The molecule has 0 spiro atoms. The number of anilines is 2. The van der Waals surface area contributed by atoms with Crippen molar-refractivity contribution in [3.63, 3.8) is 0 Å². The number of aryl methyl sites for hydroxylation is 2. The number of esters is 2. The average molecular weight is 1460 g/mol. The molecule has 2 saturated heterocycles. The molecular formula is C55H67Cl5Cs2N8O11. The molecule has 0 radical (unpaired) electrons. The number of H-pyrrole nitrogens is 1. The molecule has 19 nitrogen and oxygen atoms in total. The van der Waals surface area contributed by atoms with Crippen molar-refractivity contribution in [1.29, 1.82) is 0 Å². The van der Waals surface area contributed by atoms with Crippen molar-refractivity contribution in [2.45, 2.75) is 46.3 Å². The number of benzene rings is 4. The molecule has 2 aliphatic heterocycles. The average Bonchev–Trinajstić information content (AvgIpc) is 4.24. The van der Waals surface area contributed by atoms with E-state index in [0.29, 0.717) is 69.4 Å². The molecule has 2 aromatic heterocycles. The number of piperazine rings is 2. The maximum absolute atomic E-state index is 12.1. The van der Waals surface area contributed by atoms with Gasteiger partial charge in [0, 0.05) is 93.2 Å². The SMILES string of the molecule is CCOC(=O)c1cn(CCN2CCN(c3ccc(OCCO)cc3Cl)[C@H](c3ccc(Cl)cc3)C2)c(C)n1.CCOC(=O)c1cnc(C)[nH]1.O=CO[O-].OCCOc1ccc(N2CCN(CCCl)C[C@H]2c2ccc(Cl)cc2)c(Cl)c1.[Cs+].[Cs+].[H-]. The number of aliphatic hydroxyl groups is 2. The molecule has 4 aromatic carbocycles. The third kappa shape index (κ3) is 23.8. The van der Waals surface area contributed by atoms with Gasteiger partial charge in [0.2, 0.25) is 0 Å². The maximum Gasteiger partial charge on any atom is 1.00 e. The van der Waals surface area contributed by atoms with Crippen LogP contribution in [-0.4, -0.2) is 156 Å². The number of aliphatic hydroxyl groups excluding tert-OH is 2. The van der Waals surface area contributed by atoms with Gasteiger partial charge >= 0.3 is 150 Å². The number of rotatable bonds is 20. The van der Waals surface area contributed by atoms with Gasteiger partial charge in [-0.3, -0.25) is 14.6 Å². The van der Waals surface area contributed by atoms with Crippen molar-refractivity contribution in [3.05, 3.63) is 152 Å². The Hall–Kier alpha value is -1.74. The molecule has 2 aliphatic rings. The molecule has 6 aromatic rings. The molecular weight excluding hydrogens is 1390 g/mol. The molecule has 2 fully saturated rings. The fraction of sp³-hybridized carbons (Fsp3) is 0.400. The number of carbonyl (C=O) groups is 3. The van der Waals surface area contributed by atoms with Crippen LogP contribution in [0, 0.1) is 13.8 Å². The van der Waals surface area contributed by atoms with Crippen LogP contribution < -0.4 is 162 Å². The third-order valence-electron chi connectivity index (χ3n) is 12.4. The second kappa shape index (κ2) is 39.9. The third-order valence-corrected chi connectivity index (χ3v) is 13.7. The minimum absolute atomic E-state index is 0. The van der Waals surface area contributed by atoms with E-state index in [1.807, 2.05) is 60.0 Å². The summed E-state index contributed by atoms with van der Waals surface area (Å²) in [6.07, 6.45) is 3.23. The number of halogens is 5. The number of alkyl halides is 1. The number of nitrogens with one attached hydrogen (secondary N) is 1. The van der Waals surface area contributed by atoms with Crippen molar-refractivity contribution in [1.82, 2.24) is 29.3 Å². The zero-order valence-electron chi connectivity index (χ0n) is 47.4. The van der Waals surface area contributed by atoms with E-state index in [1.165, 1.54) is 11.8 Å². The van der Waals surface area contributed by atoms with Crippen molar-refractivity contribution >= 4 is 87.8 Å². The van der Waals surface area contributed by atoms with Crippen LogP contribution in [0.3, 0.4) is 0 Å². The van der Waals surface area contributed by atoms with Gasteiger partial charge in [-0.25, -0.2) is 19.6 Å². The first-order valence-electron chi connectivity index (χ1n) is 25.4. The molecule has 0 aliphatic carbocycles. The minimum atomic E-state index is -0.398. The van der Waals surface area contributed by atoms with Crippen LogP contribution in [0.2, 0.25) is 20.1 Å². The van der Waals surface area contributed by atoms with Crippen LogP contribution in [0.15, 0.2) is 97.3 Å². The monoisotopic (exact) mass is 1460 g/mol. The quantitative estimate of drug-likeness (QED) is 0.0329. The normalized spacial score (nSPS) is 14.9. The summed E-state index contributed by atoms with van der Waals surface area (Å²) in [6.45, 7) is 15.6. The largest absolute Gasteiger partial charge is 1.00 e. The van der Waals surface area contributed by atoms with Gasteiger partial charge < -0.3 is 60.1 Å². The Kier molecular flexibility index (Phi) is 36.2. The Balaban J connectivity index is 0.000000445. The number of ether oxygens (including phenoxy) is 4. The van der Waals surface area contributed by atoms with Crippen LogP contribution in [0.1, 0.15) is 71.1 Å². The van der Waals surface area contributed by atoms with Gasteiger partial charge in [-0.15, -0.1) is 11.6 Å². The molecule has 2 atom stereocenters. The van der Waals surface area contributed by atoms with Crippen LogP contribution in [-0.2, 0) is 25.7 Å². The van der Waals surface area contributed by atoms with E-state index in [-0.39, 0.29) is 190 Å². The fourth-order valence-corrected chi connectivity index (χ4v) is 9.74. The maximum atomic E-state index is 12.1. The van der Waals surface area contributed by atoms with Gasteiger partial charge in [0.1, 0.15) is 42.1 Å². The summed E-state index contributed by atoms with van der Waals surface area (Å²) >= 11 is 31.5. The Morgan fingerprint density at radius 2 is 1.19 bits per heavy atom. The Bertz CT molecular complexity index is 2830. The van der Waals surface area contributed by atoms with E-state index in [2.05, 4.69) is 63.7 Å². The van der Waals surface area contributed by atoms with E-state index in [4.69, 9.17) is 97.2 Å². The molecule has 8 rings (SSSR count). The van der Waals surface area contributed by atoms with E-state index >= 15 is 0 Å². The molecule has 0 bridgehead atoms. The number of hydrogen-bond acceptors (Lipinski definition) is 17. The summed E-state index contributed by atoms with van der Waals surface area (Å²) in [5.74, 6) is 2.65. The summed E-state index contributed by atoms with van der Waals surface area (Å²) in [4.78, 5) is 54.7. The molecule has 81 heavy (non-hydrogen) atoms. The first-order chi connectivity index (χ1) is 38.2. The molecule has 430 valence electrons. The number of nitrogens with zero attached hydrogens (tertiary/aromatic N) is 7. The first-order valence-corrected chi connectivity index (χ1v) is 27.4. The van der Waals surface area contributed by atoms with E-state index < -0.39 is 5.97 Å². The standard InChI is InChI=1S/C27H32Cl2N4O4.C20H23Cl3N2O2.C7H10N2O2.CH2O3.2Cs.H/c1-3-36-27(35)24-17-32(19(2)30-24)12-10-31-11-13-33(26(18-31)20-4-6-21(28)7-5-20)25-9-8-22(16-23(25)29)37-15-14-34;21-7-8-24-9-10-25(20(14-24)15-1-3-16(22)4-2-15)19-6-5-17(13-18(19)23)27-12-11-26;1-3-11-7(10)6-4-8-5(2)9-6;2-1-4-3;;;/h4-9,16-17,26,34H,3,10-15,18H2,1-2H3;1-6,13,20,26H,7-12,14H2;4H,3H2,1-2H3,(H,8,9);1,3H;;;/q;;;;2*+1;-1/p-1/t26-;20-;;;;;/m00...../s1. The molecule has 4 heterocycles. The predicted octanol–water partition coefficient (Wildman–Crippen LogP) is 2.53. The van der Waals surface area contributed by atoms with E-state index in [1.54, 1.807) is 39.1 Å². The number of aromatic nitrogens is 4. The Morgan fingerprint density at radius 1 is 0.716 bits per heavy atom. The summed E-state index contributed by atoms with van der Waals surface area (Å²) in [7, 11) is 0. The summed E-state index contributed by atoms with van der Waals surface area (Å²) in [6, 6.07) is 27.4. The summed E-state index contributed by atoms with van der Waals surface area (Å²) in [5, 5.41) is 29.0. The van der Waals surface area contributed by atoms with E-state index in [9.17, 15) is 9.59 Å². The molecule has 0 amide bonds. The second-order valence-corrected chi connectivity index (χ2v) is 19.6. The minimum Gasteiger partial charge on any atom is -1.00 e. The van der Waals surface area contributed by atoms with Gasteiger partial charge in [0.15, 0.2) is 5.69 Å².